The van der Waals surface area contributed by atoms with Crippen molar-refractivity contribution < 1.29 is 14.3 Å². The van der Waals surface area contributed by atoms with Crippen LogP contribution in [0.15, 0.2) is 54.7 Å². The van der Waals surface area contributed by atoms with E-state index in [2.05, 4.69) is 41.6 Å². The van der Waals surface area contributed by atoms with Crippen LogP contribution in [-0.4, -0.2) is 25.1 Å². The SMILES string of the molecule is COc1ccc(NC(=O)c2cc(Nc3ccc(C)c(C)c3)ccn2)cc1OC. The van der Waals surface area contributed by atoms with E-state index in [0.29, 0.717) is 22.9 Å². The van der Waals surface area contributed by atoms with Crippen molar-refractivity contribution in [1.82, 2.24) is 4.98 Å². The molecule has 1 amide bonds. The van der Waals surface area contributed by atoms with Crippen molar-refractivity contribution in [2.24, 2.45) is 0 Å². The Labute approximate surface area is 164 Å². The molecular formula is C22H23N3O3. The predicted molar refractivity (Wildman–Crippen MR) is 111 cm³/mol. The highest BCUT2D eigenvalue weighted by Crippen LogP contribution is 2.30. The standard InChI is InChI=1S/C22H23N3O3/c1-14-5-6-16(11-15(14)2)24-18-9-10-23-19(12-18)22(26)25-17-7-8-20(27-3)21(13-17)28-4/h5-13H,1-4H3,(H,23,24)(H,25,26). The van der Waals surface area contributed by atoms with E-state index in [0.717, 1.165) is 11.4 Å². The van der Waals surface area contributed by atoms with Gasteiger partial charge in [-0.05, 0) is 61.4 Å². The summed E-state index contributed by atoms with van der Waals surface area (Å²) in [4.78, 5) is 16.8. The monoisotopic (exact) mass is 377 g/mol. The quantitative estimate of drug-likeness (QED) is 0.651. The van der Waals surface area contributed by atoms with E-state index < -0.39 is 0 Å². The first-order chi connectivity index (χ1) is 13.5. The van der Waals surface area contributed by atoms with Gasteiger partial charge in [-0.15, -0.1) is 0 Å². The van der Waals surface area contributed by atoms with E-state index in [4.69, 9.17) is 9.47 Å². The molecule has 1 aromatic heterocycles. The average Bonchev–Trinajstić information content (AvgIpc) is 2.71. The number of carbonyl (C=O) groups is 1. The number of aryl methyl sites for hydroxylation is 2. The van der Waals surface area contributed by atoms with Crippen molar-refractivity contribution in [1.29, 1.82) is 0 Å². The number of benzene rings is 2. The Morgan fingerprint density at radius 3 is 2.25 bits per heavy atom. The number of methoxy groups -OCH3 is 2. The minimum atomic E-state index is -0.309. The van der Waals surface area contributed by atoms with E-state index in [9.17, 15) is 4.79 Å². The van der Waals surface area contributed by atoms with E-state index >= 15 is 0 Å². The van der Waals surface area contributed by atoms with Crippen LogP contribution in [0.1, 0.15) is 21.6 Å². The summed E-state index contributed by atoms with van der Waals surface area (Å²) in [6.45, 7) is 4.14. The van der Waals surface area contributed by atoms with Crippen LogP contribution in [0.5, 0.6) is 11.5 Å². The van der Waals surface area contributed by atoms with Crippen molar-refractivity contribution >= 4 is 23.0 Å². The van der Waals surface area contributed by atoms with Crippen LogP contribution >= 0.6 is 0 Å². The minimum Gasteiger partial charge on any atom is -0.493 e. The van der Waals surface area contributed by atoms with Crippen LogP contribution in [0.4, 0.5) is 17.1 Å². The molecule has 2 aromatic carbocycles. The van der Waals surface area contributed by atoms with Crippen molar-refractivity contribution in [3.8, 4) is 11.5 Å². The molecule has 2 N–H and O–H groups in total. The van der Waals surface area contributed by atoms with Crippen LogP contribution < -0.4 is 20.1 Å². The molecule has 28 heavy (non-hydrogen) atoms. The molecule has 0 aliphatic heterocycles. The number of carbonyl (C=O) groups excluding carboxylic acids is 1. The fraction of sp³-hybridized carbons (Fsp3) is 0.182. The molecule has 0 aliphatic rings. The second-order valence-electron chi connectivity index (χ2n) is 6.38. The molecule has 3 rings (SSSR count). The first-order valence-corrected chi connectivity index (χ1v) is 8.84. The highest BCUT2D eigenvalue weighted by atomic mass is 16.5. The number of amides is 1. The number of aromatic nitrogens is 1. The number of nitrogens with one attached hydrogen (secondary N) is 2. The average molecular weight is 377 g/mol. The number of rotatable bonds is 6. The van der Waals surface area contributed by atoms with Gasteiger partial charge < -0.3 is 20.1 Å². The molecule has 144 valence electrons. The lowest BCUT2D eigenvalue weighted by Gasteiger charge is -2.11. The molecule has 3 aromatic rings. The van der Waals surface area contributed by atoms with Crippen LogP contribution in [0.25, 0.3) is 0 Å². The maximum absolute atomic E-state index is 12.6. The fourth-order valence-electron chi connectivity index (χ4n) is 2.73. The van der Waals surface area contributed by atoms with Crippen LogP contribution in [0.2, 0.25) is 0 Å². The number of anilines is 3. The summed E-state index contributed by atoms with van der Waals surface area (Å²) < 4.78 is 10.5. The molecule has 6 heteroatoms. The van der Waals surface area contributed by atoms with Gasteiger partial charge in [0, 0.05) is 29.3 Å². The van der Waals surface area contributed by atoms with Gasteiger partial charge in [-0.3, -0.25) is 9.78 Å². The highest BCUT2D eigenvalue weighted by Gasteiger charge is 2.11. The predicted octanol–water partition coefficient (Wildman–Crippen LogP) is 4.71. The number of pyridine rings is 1. The van der Waals surface area contributed by atoms with E-state index in [1.165, 1.54) is 11.1 Å². The zero-order chi connectivity index (χ0) is 20.1. The molecule has 0 bridgehead atoms. The van der Waals surface area contributed by atoms with Crippen LogP contribution in [-0.2, 0) is 0 Å². The summed E-state index contributed by atoms with van der Waals surface area (Å²) in [6.07, 6.45) is 1.60. The lowest BCUT2D eigenvalue weighted by Crippen LogP contribution is -2.14. The lowest BCUT2D eigenvalue weighted by atomic mass is 10.1. The molecule has 6 nitrogen and oxygen atoms in total. The van der Waals surface area contributed by atoms with Crippen molar-refractivity contribution in [3.05, 3.63) is 71.5 Å². The van der Waals surface area contributed by atoms with E-state index in [1.807, 2.05) is 12.1 Å². The van der Waals surface area contributed by atoms with Gasteiger partial charge in [0.2, 0.25) is 0 Å². The molecular weight excluding hydrogens is 354 g/mol. The Bertz CT molecular complexity index is 1000. The smallest absolute Gasteiger partial charge is 0.274 e. The Kier molecular flexibility index (Phi) is 5.79. The molecule has 0 aliphatic carbocycles. The highest BCUT2D eigenvalue weighted by molar-refractivity contribution is 6.03. The summed E-state index contributed by atoms with van der Waals surface area (Å²) in [5.41, 5.74) is 5.08. The van der Waals surface area contributed by atoms with Gasteiger partial charge in [-0.2, -0.15) is 0 Å². The summed E-state index contributed by atoms with van der Waals surface area (Å²) in [5.74, 6) is 0.826. The Morgan fingerprint density at radius 2 is 1.54 bits per heavy atom. The maximum atomic E-state index is 12.6. The lowest BCUT2D eigenvalue weighted by molar-refractivity contribution is 0.102. The summed E-state index contributed by atoms with van der Waals surface area (Å²) in [7, 11) is 3.11. The number of hydrogen-bond acceptors (Lipinski definition) is 5. The van der Waals surface area contributed by atoms with Crippen LogP contribution in [0.3, 0.4) is 0 Å². The zero-order valence-electron chi connectivity index (χ0n) is 16.4. The van der Waals surface area contributed by atoms with Crippen molar-refractivity contribution in [3.63, 3.8) is 0 Å². The van der Waals surface area contributed by atoms with E-state index in [1.54, 1.807) is 44.7 Å². The van der Waals surface area contributed by atoms with Gasteiger partial charge in [-0.1, -0.05) is 6.07 Å². The third kappa shape index (κ3) is 4.40. The number of nitrogens with zero attached hydrogens (tertiary/aromatic N) is 1. The Hall–Kier alpha value is -3.54. The van der Waals surface area contributed by atoms with Gasteiger partial charge in [0.05, 0.1) is 14.2 Å². The van der Waals surface area contributed by atoms with Gasteiger partial charge in [0.1, 0.15) is 5.69 Å². The maximum Gasteiger partial charge on any atom is 0.274 e. The van der Waals surface area contributed by atoms with Crippen molar-refractivity contribution in [2.45, 2.75) is 13.8 Å². The third-order valence-corrected chi connectivity index (χ3v) is 4.43. The first kappa shape index (κ1) is 19.2. The molecule has 0 spiro atoms. The summed E-state index contributed by atoms with van der Waals surface area (Å²) >= 11 is 0. The Balaban J connectivity index is 1.76. The minimum absolute atomic E-state index is 0.309. The van der Waals surface area contributed by atoms with Crippen molar-refractivity contribution in [2.75, 3.05) is 24.9 Å². The molecule has 0 fully saturated rings. The topological polar surface area (TPSA) is 72.5 Å². The summed E-state index contributed by atoms with van der Waals surface area (Å²) in [5, 5.41) is 6.14. The molecule has 0 atom stereocenters. The van der Waals surface area contributed by atoms with Gasteiger partial charge in [-0.25, -0.2) is 0 Å². The molecule has 0 unspecified atom stereocenters. The molecule has 1 heterocycles. The normalized spacial score (nSPS) is 10.3. The molecule has 0 saturated carbocycles. The van der Waals surface area contributed by atoms with Gasteiger partial charge in [0.15, 0.2) is 11.5 Å². The number of hydrogen-bond donors (Lipinski definition) is 2. The third-order valence-electron chi connectivity index (χ3n) is 4.43. The first-order valence-electron chi connectivity index (χ1n) is 8.84. The molecule has 0 radical (unpaired) electrons. The van der Waals surface area contributed by atoms with Gasteiger partial charge >= 0.3 is 0 Å². The molecule has 0 saturated heterocycles. The summed E-state index contributed by atoms with van der Waals surface area (Å²) in [6, 6.07) is 14.9. The second-order valence-corrected chi connectivity index (χ2v) is 6.38. The second kappa shape index (κ2) is 8.43. The Morgan fingerprint density at radius 1 is 0.821 bits per heavy atom. The largest absolute Gasteiger partial charge is 0.493 e. The zero-order valence-corrected chi connectivity index (χ0v) is 16.4. The number of ether oxygens (including phenoxy) is 2. The van der Waals surface area contributed by atoms with Crippen LogP contribution in [0, 0.1) is 13.8 Å². The fourth-order valence-corrected chi connectivity index (χ4v) is 2.73. The van der Waals surface area contributed by atoms with Gasteiger partial charge in [0.25, 0.3) is 5.91 Å². The van der Waals surface area contributed by atoms with E-state index in [-0.39, 0.29) is 5.91 Å².